The Bertz CT molecular complexity index is 309. The summed E-state index contributed by atoms with van der Waals surface area (Å²) >= 11 is 0. The van der Waals surface area contributed by atoms with Crippen molar-refractivity contribution < 1.29 is 10.2 Å². The molecule has 1 aromatic rings. The van der Waals surface area contributed by atoms with Crippen molar-refractivity contribution in [3.8, 4) is 0 Å². The molecule has 3 heteroatoms. The molecule has 0 amide bonds. The van der Waals surface area contributed by atoms with Crippen molar-refractivity contribution in [3.05, 3.63) is 35.9 Å². The summed E-state index contributed by atoms with van der Waals surface area (Å²) in [6.07, 6.45) is 1.87. The first kappa shape index (κ1) is 14.2. The van der Waals surface area contributed by atoms with Gasteiger partial charge in [0.25, 0.3) is 0 Å². The van der Waals surface area contributed by atoms with Crippen LogP contribution in [0.5, 0.6) is 0 Å². The molecule has 17 heavy (non-hydrogen) atoms. The van der Waals surface area contributed by atoms with Crippen LogP contribution in [0.2, 0.25) is 0 Å². The maximum absolute atomic E-state index is 9.27. The summed E-state index contributed by atoms with van der Waals surface area (Å²) in [5, 5.41) is 21.9. The molecule has 0 heterocycles. The maximum Gasteiger partial charge on any atom is 0.0633 e. The predicted molar refractivity (Wildman–Crippen MR) is 69.9 cm³/mol. The number of hydrogen-bond acceptors (Lipinski definition) is 3. The molecule has 0 bridgehead atoms. The van der Waals surface area contributed by atoms with Crippen molar-refractivity contribution in [2.75, 3.05) is 13.2 Å². The number of aliphatic hydroxyl groups is 2. The third kappa shape index (κ3) is 4.46. The summed E-state index contributed by atoms with van der Waals surface area (Å²) in [4.78, 5) is 0. The largest absolute Gasteiger partial charge is 0.394 e. The Morgan fingerprint density at radius 1 is 1.18 bits per heavy atom. The van der Waals surface area contributed by atoms with E-state index in [2.05, 4.69) is 24.4 Å². The molecule has 0 saturated heterocycles. The SMILES string of the molecule is CCC(Cc1ccccc1)NC(C)(CO)CO. The second kappa shape index (κ2) is 6.74. The smallest absolute Gasteiger partial charge is 0.0633 e. The zero-order valence-electron chi connectivity index (χ0n) is 10.7. The second-order valence-electron chi connectivity index (χ2n) is 4.82. The van der Waals surface area contributed by atoms with Crippen LogP contribution in [0.15, 0.2) is 30.3 Å². The number of nitrogens with one attached hydrogen (secondary N) is 1. The Morgan fingerprint density at radius 2 is 1.76 bits per heavy atom. The van der Waals surface area contributed by atoms with E-state index in [1.54, 1.807) is 0 Å². The number of aliphatic hydroxyl groups excluding tert-OH is 2. The number of rotatable bonds is 7. The zero-order valence-corrected chi connectivity index (χ0v) is 10.7. The molecule has 0 saturated carbocycles. The molecular formula is C14H23NO2. The van der Waals surface area contributed by atoms with Crippen LogP contribution in [0, 0.1) is 0 Å². The zero-order chi connectivity index (χ0) is 12.7. The van der Waals surface area contributed by atoms with Crippen LogP contribution in [-0.4, -0.2) is 35.0 Å². The highest BCUT2D eigenvalue weighted by atomic mass is 16.3. The molecule has 0 aliphatic heterocycles. The second-order valence-corrected chi connectivity index (χ2v) is 4.82. The minimum atomic E-state index is -0.602. The van der Waals surface area contributed by atoms with Crippen LogP contribution in [0.25, 0.3) is 0 Å². The van der Waals surface area contributed by atoms with Crippen molar-refractivity contribution >= 4 is 0 Å². The van der Waals surface area contributed by atoms with Crippen LogP contribution in [-0.2, 0) is 6.42 Å². The highest BCUT2D eigenvalue weighted by Gasteiger charge is 2.25. The van der Waals surface area contributed by atoms with E-state index in [0.717, 1.165) is 12.8 Å². The van der Waals surface area contributed by atoms with Gasteiger partial charge in [0, 0.05) is 6.04 Å². The Labute approximate surface area is 103 Å². The van der Waals surface area contributed by atoms with E-state index >= 15 is 0 Å². The molecule has 1 aromatic carbocycles. The average Bonchev–Trinajstić information content (AvgIpc) is 2.39. The molecule has 0 aromatic heterocycles. The van der Waals surface area contributed by atoms with Crippen LogP contribution in [0.4, 0.5) is 0 Å². The molecule has 3 nitrogen and oxygen atoms in total. The molecule has 96 valence electrons. The van der Waals surface area contributed by atoms with Crippen LogP contribution >= 0.6 is 0 Å². The Hall–Kier alpha value is -0.900. The van der Waals surface area contributed by atoms with Gasteiger partial charge in [-0.2, -0.15) is 0 Å². The predicted octanol–water partition coefficient (Wildman–Crippen LogP) is 1.34. The van der Waals surface area contributed by atoms with E-state index in [1.165, 1.54) is 5.56 Å². The summed E-state index contributed by atoms with van der Waals surface area (Å²) in [5.41, 5.74) is 0.667. The quantitative estimate of drug-likeness (QED) is 0.671. The molecule has 0 spiro atoms. The van der Waals surface area contributed by atoms with E-state index in [0.29, 0.717) is 0 Å². The Balaban J connectivity index is 2.60. The van der Waals surface area contributed by atoms with Gasteiger partial charge in [-0.3, -0.25) is 0 Å². The fourth-order valence-electron chi connectivity index (χ4n) is 1.83. The number of hydrogen-bond donors (Lipinski definition) is 3. The molecule has 1 unspecified atom stereocenters. The summed E-state index contributed by atoms with van der Waals surface area (Å²) in [6.45, 7) is 3.82. The molecular weight excluding hydrogens is 214 g/mol. The minimum absolute atomic E-state index is 0.0607. The molecule has 0 aliphatic rings. The third-order valence-electron chi connectivity index (χ3n) is 3.07. The summed E-state index contributed by atoms with van der Waals surface area (Å²) in [7, 11) is 0. The first-order valence-corrected chi connectivity index (χ1v) is 6.17. The Kier molecular flexibility index (Phi) is 5.62. The van der Waals surface area contributed by atoms with E-state index in [9.17, 15) is 10.2 Å². The summed E-state index contributed by atoms with van der Waals surface area (Å²) in [5.74, 6) is 0. The van der Waals surface area contributed by atoms with E-state index in [1.807, 2.05) is 25.1 Å². The molecule has 0 fully saturated rings. The van der Waals surface area contributed by atoms with Crippen molar-refractivity contribution in [1.29, 1.82) is 0 Å². The fraction of sp³-hybridized carbons (Fsp3) is 0.571. The van der Waals surface area contributed by atoms with E-state index in [4.69, 9.17) is 0 Å². The standard InChI is InChI=1S/C14H23NO2/c1-3-13(15-14(2,10-16)11-17)9-12-7-5-4-6-8-12/h4-8,13,15-17H,3,9-11H2,1-2H3. The van der Waals surface area contributed by atoms with Gasteiger partial charge < -0.3 is 15.5 Å². The molecule has 1 atom stereocenters. The lowest BCUT2D eigenvalue weighted by atomic mass is 9.98. The van der Waals surface area contributed by atoms with Gasteiger partial charge in [-0.05, 0) is 25.3 Å². The molecule has 0 aliphatic carbocycles. The van der Waals surface area contributed by atoms with Crippen LogP contribution in [0.1, 0.15) is 25.8 Å². The van der Waals surface area contributed by atoms with Gasteiger partial charge in [0.2, 0.25) is 0 Å². The highest BCUT2D eigenvalue weighted by molar-refractivity contribution is 5.16. The third-order valence-corrected chi connectivity index (χ3v) is 3.07. The van der Waals surface area contributed by atoms with Gasteiger partial charge in [-0.1, -0.05) is 37.3 Å². The molecule has 0 radical (unpaired) electrons. The first-order valence-electron chi connectivity index (χ1n) is 6.17. The van der Waals surface area contributed by atoms with Crippen LogP contribution in [0.3, 0.4) is 0 Å². The van der Waals surface area contributed by atoms with Gasteiger partial charge in [-0.25, -0.2) is 0 Å². The lowest BCUT2D eigenvalue weighted by Crippen LogP contribution is -2.53. The van der Waals surface area contributed by atoms with Crippen molar-refractivity contribution in [3.63, 3.8) is 0 Å². The van der Waals surface area contributed by atoms with Crippen molar-refractivity contribution in [2.45, 2.75) is 38.3 Å². The molecule has 1 rings (SSSR count). The highest BCUT2D eigenvalue weighted by Crippen LogP contribution is 2.10. The summed E-state index contributed by atoms with van der Waals surface area (Å²) in [6, 6.07) is 10.5. The van der Waals surface area contributed by atoms with Crippen molar-refractivity contribution in [2.24, 2.45) is 0 Å². The van der Waals surface area contributed by atoms with Crippen LogP contribution < -0.4 is 5.32 Å². The first-order chi connectivity index (χ1) is 8.13. The monoisotopic (exact) mass is 237 g/mol. The topological polar surface area (TPSA) is 52.5 Å². The maximum atomic E-state index is 9.27. The van der Waals surface area contributed by atoms with Gasteiger partial charge in [0.15, 0.2) is 0 Å². The van der Waals surface area contributed by atoms with E-state index < -0.39 is 5.54 Å². The molecule has 3 N–H and O–H groups in total. The minimum Gasteiger partial charge on any atom is -0.394 e. The summed E-state index contributed by atoms with van der Waals surface area (Å²) < 4.78 is 0. The van der Waals surface area contributed by atoms with Gasteiger partial charge in [0.05, 0.1) is 18.8 Å². The lowest BCUT2D eigenvalue weighted by Gasteiger charge is -2.31. The normalized spacial score (nSPS) is 13.6. The Morgan fingerprint density at radius 3 is 2.24 bits per heavy atom. The average molecular weight is 237 g/mol. The van der Waals surface area contributed by atoms with Crippen molar-refractivity contribution in [1.82, 2.24) is 5.32 Å². The van der Waals surface area contributed by atoms with Gasteiger partial charge >= 0.3 is 0 Å². The van der Waals surface area contributed by atoms with Gasteiger partial charge in [-0.15, -0.1) is 0 Å². The number of benzene rings is 1. The fourth-order valence-corrected chi connectivity index (χ4v) is 1.83. The lowest BCUT2D eigenvalue weighted by molar-refractivity contribution is 0.0932. The van der Waals surface area contributed by atoms with E-state index in [-0.39, 0.29) is 19.3 Å². The van der Waals surface area contributed by atoms with Gasteiger partial charge in [0.1, 0.15) is 0 Å².